The first-order chi connectivity index (χ1) is 7.15. The lowest BCUT2D eigenvalue weighted by Crippen LogP contribution is -2.24. The lowest BCUT2D eigenvalue weighted by Gasteiger charge is -2.06. The van der Waals surface area contributed by atoms with Crippen molar-refractivity contribution in [3.63, 3.8) is 0 Å². The third-order valence-corrected chi connectivity index (χ3v) is 2.56. The highest BCUT2D eigenvalue weighted by atomic mass is 79.9. The molecule has 0 saturated carbocycles. The Bertz CT molecular complexity index is 377. The van der Waals surface area contributed by atoms with Crippen molar-refractivity contribution in [2.24, 2.45) is 0 Å². The molecule has 0 saturated heterocycles. The third-order valence-electron chi connectivity index (χ3n) is 1.87. The quantitative estimate of drug-likeness (QED) is 0.500. The van der Waals surface area contributed by atoms with Crippen molar-refractivity contribution in [2.45, 2.75) is 6.42 Å². The first-order valence-corrected chi connectivity index (χ1v) is 5.38. The second kappa shape index (κ2) is 5.56. The Labute approximate surface area is 97.5 Å². The molecule has 80 valence electrons. The van der Waals surface area contributed by atoms with Gasteiger partial charge in [-0.15, -0.1) is 6.58 Å². The van der Waals surface area contributed by atoms with E-state index in [4.69, 9.17) is 5.73 Å². The molecule has 0 aromatic heterocycles. The van der Waals surface area contributed by atoms with Crippen LogP contribution >= 0.6 is 15.9 Å². The lowest BCUT2D eigenvalue weighted by atomic mass is 10.2. The second-order valence-electron chi connectivity index (χ2n) is 3.07. The second-order valence-corrected chi connectivity index (χ2v) is 3.93. The molecule has 1 rings (SSSR count). The first-order valence-electron chi connectivity index (χ1n) is 4.59. The Balaban J connectivity index is 2.72. The normalized spacial score (nSPS) is 9.67. The highest BCUT2D eigenvalue weighted by molar-refractivity contribution is 9.10. The standard InChI is InChI=1S/C11H13BrN2O/c1-2-3-6-14-11(15)9-7-8(13)4-5-10(9)12/h2,4-5,7H,1,3,6,13H2,(H,14,15). The minimum atomic E-state index is -0.129. The third kappa shape index (κ3) is 3.40. The van der Waals surface area contributed by atoms with Crippen LogP contribution in [-0.4, -0.2) is 12.5 Å². The summed E-state index contributed by atoms with van der Waals surface area (Å²) in [5.74, 6) is -0.129. The molecule has 0 aliphatic rings. The minimum absolute atomic E-state index is 0.129. The van der Waals surface area contributed by atoms with Gasteiger partial charge in [0.2, 0.25) is 0 Å². The van der Waals surface area contributed by atoms with Crippen LogP contribution in [0.5, 0.6) is 0 Å². The van der Waals surface area contributed by atoms with Gasteiger partial charge in [-0.3, -0.25) is 4.79 Å². The maximum Gasteiger partial charge on any atom is 0.252 e. The SMILES string of the molecule is C=CCCNC(=O)c1cc(N)ccc1Br. The molecule has 0 fully saturated rings. The molecule has 0 radical (unpaired) electrons. The number of halogens is 1. The van der Waals surface area contributed by atoms with Gasteiger partial charge in [0.15, 0.2) is 0 Å². The fourth-order valence-electron chi connectivity index (χ4n) is 1.10. The van der Waals surface area contributed by atoms with Gasteiger partial charge in [-0.05, 0) is 40.5 Å². The van der Waals surface area contributed by atoms with Crippen LogP contribution < -0.4 is 11.1 Å². The summed E-state index contributed by atoms with van der Waals surface area (Å²) in [4.78, 5) is 11.7. The van der Waals surface area contributed by atoms with E-state index in [1.54, 1.807) is 24.3 Å². The summed E-state index contributed by atoms with van der Waals surface area (Å²) in [6.07, 6.45) is 2.51. The number of carbonyl (C=O) groups is 1. The fraction of sp³-hybridized carbons (Fsp3) is 0.182. The van der Waals surface area contributed by atoms with Crippen LogP contribution in [0, 0.1) is 0 Å². The van der Waals surface area contributed by atoms with Gasteiger partial charge in [0, 0.05) is 16.7 Å². The molecule has 4 heteroatoms. The average molecular weight is 269 g/mol. The Morgan fingerprint density at radius 3 is 3.00 bits per heavy atom. The molecule has 1 amide bonds. The van der Waals surface area contributed by atoms with Crippen molar-refractivity contribution in [3.8, 4) is 0 Å². The van der Waals surface area contributed by atoms with Gasteiger partial charge in [0.1, 0.15) is 0 Å². The number of amides is 1. The maximum atomic E-state index is 11.7. The van der Waals surface area contributed by atoms with Crippen LogP contribution in [0.25, 0.3) is 0 Å². The predicted octanol–water partition coefficient (Wildman–Crippen LogP) is 2.34. The summed E-state index contributed by atoms with van der Waals surface area (Å²) in [5.41, 5.74) is 6.73. The predicted molar refractivity (Wildman–Crippen MR) is 65.7 cm³/mol. The summed E-state index contributed by atoms with van der Waals surface area (Å²) in [7, 11) is 0. The van der Waals surface area contributed by atoms with Crippen molar-refractivity contribution < 1.29 is 4.79 Å². The molecular weight excluding hydrogens is 256 g/mol. The molecule has 0 bridgehead atoms. The summed E-state index contributed by atoms with van der Waals surface area (Å²) in [6, 6.07) is 5.15. The lowest BCUT2D eigenvalue weighted by molar-refractivity contribution is 0.0953. The first kappa shape index (κ1) is 11.8. The summed E-state index contributed by atoms with van der Waals surface area (Å²) in [6.45, 7) is 4.17. The van der Waals surface area contributed by atoms with Crippen LogP contribution in [-0.2, 0) is 0 Å². The largest absolute Gasteiger partial charge is 0.399 e. The number of hydrogen-bond acceptors (Lipinski definition) is 2. The van der Waals surface area contributed by atoms with Crippen molar-refractivity contribution in [3.05, 3.63) is 40.9 Å². The van der Waals surface area contributed by atoms with E-state index in [1.807, 2.05) is 0 Å². The number of carbonyl (C=O) groups excluding carboxylic acids is 1. The highest BCUT2D eigenvalue weighted by Gasteiger charge is 2.08. The smallest absolute Gasteiger partial charge is 0.252 e. The average Bonchev–Trinajstić information content (AvgIpc) is 2.22. The Morgan fingerprint density at radius 2 is 2.33 bits per heavy atom. The minimum Gasteiger partial charge on any atom is -0.399 e. The van der Waals surface area contributed by atoms with Gasteiger partial charge in [-0.25, -0.2) is 0 Å². The summed E-state index contributed by atoms with van der Waals surface area (Å²) < 4.78 is 0.743. The molecule has 0 aliphatic heterocycles. The van der Waals surface area contributed by atoms with E-state index in [0.717, 1.165) is 10.9 Å². The van der Waals surface area contributed by atoms with Crippen molar-refractivity contribution in [1.82, 2.24) is 5.32 Å². The molecule has 0 heterocycles. The molecule has 0 atom stereocenters. The van der Waals surface area contributed by atoms with Crippen LogP contribution in [0.1, 0.15) is 16.8 Å². The fourth-order valence-corrected chi connectivity index (χ4v) is 1.53. The van der Waals surface area contributed by atoms with Crippen LogP contribution in [0.4, 0.5) is 5.69 Å². The summed E-state index contributed by atoms with van der Waals surface area (Å²) >= 11 is 3.30. The Morgan fingerprint density at radius 1 is 1.60 bits per heavy atom. The van der Waals surface area contributed by atoms with Gasteiger partial charge in [0.05, 0.1) is 5.56 Å². The zero-order valence-corrected chi connectivity index (χ0v) is 9.88. The Kier molecular flexibility index (Phi) is 4.37. The molecule has 0 unspecified atom stereocenters. The number of nitrogen functional groups attached to an aromatic ring is 1. The number of nitrogens with one attached hydrogen (secondary N) is 1. The molecule has 3 nitrogen and oxygen atoms in total. The number of anilines is 1. The van der Waals surface area contributed by atoms with Gasteiger partial charge in [0.25, 0.3) is 5.91 Å². The number of nitrogens with two attached hydrogens (primary N) is 1. The number of benzene rings is 1. The van der Waals surface area contributed by atoms with E-state index in [0.29, 0.717) is 17.8 Å². The van der Waals surface area contributed by atoms with Crippen molar-refractivity contribution in [2.75, 3.05) is 12.3 Å². The van der Waals surface area contributed by atoms with Crippen molar-refractivity contribution >= 4 is 27.5 Å². The van der Waals surface area contributed by atoms with E-state index in [2.05, 4.69) is 27.8 Å². The molecule has 0 spiro atoms. The number of rotatable bonds is 4. The molecule has 1 aromatic rings. The van der Waals surface area contributed by atoms with E-state index in [9.17, 15) is 4.79 Å². The molecule has 0 aliphatic carbocycles. The van der Waals surface area contributed by atoms with E-state index >= 15 is 0 Å². The molecule has 3 N–H and O–H groups in total. The maximum absolute atomic E-state index is 11.7. The van der Waals surface area contributed by atoms with E-state index in [1.165, 1.54) is 0 Å². The zero-order valence-electron chi connectivity index (χ0n) is 8.29. The van der Waals surface area contributed by atoms with E-state index in [-0.39, 0.29) is 5.91 Å². The van der Waals surface area contributed by atoms with Crippen molar-refractivity contribution in [1.29, 1.82) is 0 Å². The molecular formula is C11H13BrN2O. The molecule has 1 aromatic carbocycles. The van der Waals surface area contributed by atoms with E-state index < -0.39 is 0 Å². The van der Waals surface area contributed by atoms with Gasteiger partial charge in [-0.1, -0.05) is 6.08 Å². The number of hydrogen-bond donors (Lipinski definition) is 2. The highest BCUT2D eigenvalue weighted by Crippen LogP contribution is 2.19. The van der Waals surface area contributed by atoms with Gasteiger partial charge >= 0.3 is 0 Å². The topological polar surface area (TPSA) is 55.1 Å². The van der Waals surface area contributed by atoms with Crippen LogP contribution in [0.2, 0.25) is 0 Å². The van der Waals surface area contributed by atoms with Gasteiger partial charge < -0.3 is 11.1 Å². The summed E-state index contributed by atoms with van der Waals surface area (Å²) in [5, 5.41) is 2.77. The van der Waals surface area contributed by atoms with Crippen LogP contribution in [0.15, 0.2) is 35.3 Å². The zero-order chi connectivity index (χ0) is 11.3. The van der Waals surface area contributed by atoms with Gasteiger partial charge in [-0.2, -0.15) is 0 Å². The monoisotopic (exact) mass is 268 g/mol. The van der Waals surface area contributed by atoms with Crippen LogP contribution in [0.3, 0.4) is 0 Å². The Hall–Kier alpha value is -1.29. The molecule has 15 heavy (non-hydrogen) atoms.